The minimum atomic E-state index is 0.247. The summed E-state index contributed by atoms with van der Waals surface area (Å²) < 4.78 is 12.8. The molecule has 0 saturated heterocycles. The predicted molar refractivity (Wildman–Crippen MR) is 82.7 cm³/mol. The van der Waals surface area contributed by atoms with Crippen molar-refractivity contribution in [2.75, 3.05) is 7.11 Å². The van der Waals surface area contributed by atoms with Crippen molar-refractivity contribution < 1.29 is 9.47 Å². The van der Waals surface area contributed by atoms with E-state index in [4.69, 9.17) is 14.7 Å². The van der Waals surface area contributed by atoms with E-state index in [2.05, 4.69) is 11.1 Å². The molecule has 1 aromatic heterocycles. The summed E-state index contributed by atoms with van der Waals surface area (Å²) >= 11 is 0. The molecule has 110 valence electrons. The van der Waals surface area contributed by atoms with Crippen molar-refractivity contribution in [3.63, 3.8) is 0 Å². The van der Waals surface area contributed by atoms with Gasteiger partial charge in [-0.1, -0.05) is 18.2 Å². The minimum Gasteiger partial charge on any atom is -0.497 e. The Labute approximate surface area is 128 Å². The van der Waals surface area contributed by atoms with E-state index in [9.17, 15) is 0 Å². The lowest BCUT2D eigenvalue weighted by atomic mass is 10.3. The molecule has 0 amide bonds. The van der Waals surface area contributed by atoms with E-state index in [-0.39, 0.29) is 6.54 Å². The van der Waals surface area contributed by atoms with Crippen LogP contribution < -0.4 is 9.47 Å². The monoisotopic (exact) mass is 293 g/mol. The molecule has 1 heterocycles. The number of para-hydroxylation sites is 2. The van der Waals surface area contributed by atoms with Crippen LogP contribution in [0.3, 0.4) is 0 Å². The SMILES string of the molecule is COc1cccc(OCc2nc3ccccc3n2CC#N)c1. The molecule has 0 aliphatic rings. The van der Waals surface area contributed by atoms with Crippen LogP contribution in [0.1, 0.15) is 5.82 Å². The second-order valence-corrected chi connectivity index (χ2v) is 4.73. The van der Waals surface area contributed by atoms with Gasteiger partial charge in [-0.05, 0) is 24.3 Å². The number of fused-ring (bicyclic) bond motifs is 1. The molecule has 0 N–H and O–H groups in total. The van der Waals surface area contributed by atoms with Gasteiger partial charge in [0.2, 0.25) is 0 Å². The third kappa shape index (κ3) is 2.72. The Morgan fingerprint density at radius 2 is 1.95 bits per heavy atom. The van der Waals surface area contributed by atoms with Gasteiger partial charge >= 0.3 is 0 Å². The fourth-order valence-electron chi connectivity index (χ4n) is 2.32. The zero-order valence-corrected chi connectivity index (χ0v) is 12.2. The Hall–Kier alpha value is -3.00. The van der Waals surface area contributed by atoms with Crippen molar-refractivity contribution in [2.45, 2.75) is 13.2 Å². The Bertz CT molecular complexity index is 833. The maximum absolute atomic E-state index is 9.02. The lowest BCUT2D eigenvalue weighted by Crippen LogP contribution is -2.06. The average molecular weight is 293 g/mol. The van der Waals surface area contributed by atoms with Gasteiger partial charge in [0.1, 0.15) is 30.5 Å². The predicted octanol–water partition coefficient (Wildman–Crippen LogP) is 3.15. The standard InChI is InChI=1S/C17H15N3O2/c1-21-13-5-4-6-14(11-13)22-12-17-19-15-7-2-3-8-16(15)20(17)10-9-18/h2-8,11H,10,12H2,1H3. The molecule has 5 heteroatoms. The molecule has 5 nitrogen and oxygen atoms in total. The topological polar surface area (TPSA) is 60.1 Å². The van der Waals surface area contributed by atoms with Crippen LogP contribution >= 0.6 is 0 Å². The highest BCUT2D eigenvalue weighted by molar-refractivity contribution is 5.75. The Kier molecular flexibility index (Phi) is 3.92. The Balaban J connectivity index is 1.87. The van der Waals surface area contributed by atoms with Crippen LogP contribution in [-0.2, 0) is 13.2 Å². The zero-order chi connectivity index (χ0) is 15.4. The highest BCUT2D eigenvalue weighted by Crippen LogP contribution is 2.21. The average Bonchev–Trinajstić information content (AvgIpc) is 2.91. The van der Waals surface area contributed by atoms with E-state index in [0.29, 0.717) is 12.4 Å². The molecule has 2 aromatic carbocycles. The fraction of sp³-hybridized carbons (Fsp3) is 0.176. The summed E-state index contributed by atoms with van der Waals surface area (Å²) in [7, 11) is 1.62. The summed E-state index contributed by atoms with van der Waals surface area (Å²) in [5.74, 6) is 2.17. The van der Waals surface area contributed by atoms with Gasteiger partial charge in [-0.25, -0.2) is 4.98 Å². The van der Waals surface area contributed by atoms with Crippen LogP contribution in [0.4, 0.5) is 0 Å². The summed E-state index contributed by atoms with van der Waals surface area (Å²) in [6, 6.07) is 17.3. The van der Waals surface area contributed by atoms with Gasteiger partial charge in [-0.3, -0.25) is 0 Å². The molecule has 22 heavy (non-hydrogen) atoms. The second-order valence-electron chi connectivity index (χ2n) is 4.73. The molecular formula is C17H15N3O2. The summed E-state index contributed by atoms with van der Waals surface area (Å²) in [5.41, 5.74) is 1.80. The van der Waals surface area contributed by atoms with Crippen LogP contribution in [0.25, 0.3) is 11.0 Å². The summed E-state index contributed by atoms with van der Waals surface area (Å²) in [4.78, 5) is 4.54. The minimum absolute atomic E-state index is 0.247. The smallest absolute Gasteiger partial charge is 0.148 e. The normalized spacial score (nSPS) is 10.4. The first-order valence-electron chi connectivity index (χ1n) is 6.90. The van der Waals surface area contributed by atoms with Gasteiger partial charge in [0.25, 0.3) is 0 Å². The molecule has 0 radical (unpaired) electrons. The third-order valence-electron chi connectivity index (χ3n) is 3.37. The van der Waals surface area contributed by atoms with Crippen LogP contribution in [0.5, 0.6) is 11.5 Å². The van der Waals surface area contributed by atoms with Crippen LogP contribution in [-0.4, -0.2) is 16.7 Å². The number of rotatable bonds is 5. The van der Waals surface area contributed by atoms with Crippen molar-refractivity contribution in [1.29, 1.82) is 5.26 Å². The maximum Gasteiger partial charge on any atom is 0.148 e. The van der Waals surface area contributed by atoms with Crippen molar-refractivity contribution in [3.8, 4) is 17.6 Å². The number of aromatic nitrogens is 2. The van der Waals surface area contributed by atoms with Gasteiger partial charge in [-0.2, -0.15) is 5.26 Å². The van der Waals surface area contributed by atoms with E-state index >= 15 is 0 Å². The van der Waals surface area contributed by atoms with E-state index in [1.807, 2.05) is 53.1 Å². The molecule has 0 unspecified atom stereocenters. The lowest BCUT2D eigenvalue weighted by molar-refractivity contribution is 0.289. The lowest BCUT2D eigenvalue weighted by Gasteiger charge is -2.08. The number of ether oxygens (including phenoxy) is 2. The highest BCUT2D eigenvalue weighted by Gasteiger charge is 2.10. The number of nitriles is 1. The first kappa shape index (κ1) is 14.0. The largest absolute Gasteiger partial charge is 0.497 e. The number of benzene rings is 2. The molecular weight excluding hydrogens is 278 g/mol. The summed E-state index contributed by atoms with van der Waals surface area (Å²) in [5, 5.41) is 9.02. The van der Waals surface area contributed by atoms with Crippen molar-refractivity contribution in [2.24, 2.45) is 0 Å². The summed E-state index contributed by atoms with van der Waals surface area (Å²) in [6.45, 7) is 0.543. The van der Waals surface area contributed by atoms with E-state index in [1.54, 1.807) is 7.11 Å². The molecule has 0 fully saturated rings. The van der Waals surface area contributed by atoms with E-state index < -0.39 is 0 Å². The maximum atomic E-state index is 9.02. The molecule has 0 spiro atoms. The summed E-state index contributed by atoms with van der Waals surface area (Å²) in [6.07, 6.45) is 0. The number of methoxy groups -OCH3 is 1. The van der Waals surface area contributed by atoms with Gasteiger partial charge in [0.05, 0.1) is 24.2 Å². The molecule has 0 aliphatic carbocycles. The van der Waals surface area contributed by atoms with Gasteiger partial charge in [0.15, 0.2) is 0 Å². The van der Waals surface area contributed by atoms with Crippen molar-refractivity contribution in [3.05, 3.63) is 54.4 Å². The zero-order valence-electron chi connectivity index (χ0n) is 12.2. The number of hydrogen-bond acceptors (Lipinski definition) is 4. The third-order valence-corrected chi connectivity index (χ3v) is 3.37. The van der Waals surface area contributed by atoms with Gasteiger partial charge in [0, 0.05) is 6.07 Å². The number of nitrogens with zero attached hydrogens (tertiary/aromatic N) is 3. The molecule has 0 saturated carbocycles. The second kappa shape index (κ2) is 6.19. The van der Waals surface area contributed by atoms with Crippen LogP contribution in [0, 0.1) is 11.3 Å². The molecule has 3 aromatic rings. The fourth-order valence-corrected chi connectivity index (χ4v) is 2.32. The first-order chi connectivity index (χ1) is 10.8. The Morgan fingerprint density at radius 3 is 2.77 bits per heavy atom. The number of hydrogen-bond donors (Lipinski definition) is 0. The Morgan fingerprint density at radius 1 is 1.14 bits per heavy atom. The number of imidazole rings is 1. The molecule has 0 atom stereocenters. The van der Waals surface area contributed by atoms with Gasteiger partial charge < -0.3 is 14.0 Å². The van der Waals surface area contributed by atoms with Crippen LogP contribution in [0.15, 0.2) is 48.5 Å². The van der Waals surface area contributed by atoms with E-state index in [1.165, 1.54) is 0 Å². The quantitative estimate of drug-likeness (QED) is 0.725. The molecule has 3 rings (SSSR count). The first-order valence-corrected chi connectivity index (χ1v) is 6.90. The van der Waals surface area contributed by atoms with Crippen molar-refractivity contribution in [1.82, 2.24) is 9.55 Å². The van der Waals surface area contributed by atoms with Crippen LogP contribution in [0.2, 0.25) is 0 Å². The molecule has 0 bridgehead atoms. The molecule has 0 aliphatic heterocycles. The highest BCUT2D eigenvalue weighted by atomic mass is 16.5. The van der Waals surface area contributed by atoms with Gasteiger partial charge in [-0.15, -0.1) is 0 Å². The van der Waals surface area contributed by atoms with E-state index in [0.717, 1.165) is 22.6 Å². The van der Waals surface area contributed by atoms with Crippen molar-refractivity contribution >= 4 is 11.0 Å².